The smallest absolute Gasteiger partial charge is 0.323 e. The van der Waals surface area contributed by atoms with E-state index in [0.29, 0.717) is 17.3 Å². The fourth-order valence-corrected chi connectivity index (χ4v) is 2.57. The summed E-state index contributed by atoms with van der Waals surface area (Å²) in [6.07, 6.45) is 0. The molecule has 2 aromatic rings. The van der Waals surface area contributed by atoms with Crippen LogP contribution in [0.25, 0.3) is 11.5 Å². The zero-order valence-electron chi connectivity index (χ0n) is 14.4. The van der Waals surface area contributed by atoms with Gasteiger partial charge < -0.3 is 9.15 Å². The Kier molecular flexibility index (Phi) is 5.55. The van der Waals surface area contributed by atoms with Crippen molar-refractivity contribution < 1.29 is 13.9 Å². The molecule has 0 aliphatic heterocycles. The number of esters is 1. The van der Waals surface area contributed by atoms with Crippen LogP contribution in [0.3, 0.4) is 0 Å². The molecule has 5 nitrogen and oxygen atoms in total. The van der Waals surface area contributed by atoms with Gasteiger partial charge in [-0.25, -0.2) is 4.98 Å². The third kappa shape index (κ3) is 4.20. The van der Waals surface area contributed by atoms with Crippen LogP contribution in [0.15, 0.2) is 34.7 Å². The van der Waals surface area contributed by atoms with Gasteiger partial charge in [-0.1, -0.05) is 32.0 Å². The van der Waals surface area contributed by atoms with Crippen molar-refractivity contribution in [2.45, 2.75) is 33.4 Å². The molecule has 0 fully saturated rings. The van der Waals surface area contributed by atoms with Gasteiger partial charge in [-0.2, -0.15) is 0 Å². The monoisotopic (exact) mass is 316 g/mol. The van der Waals surface area contributed by atoms with Crippen LogP contribution in [0.4, 0.5) is 0 Å². The minimum atomic E-state index is -0.268. The quantitative estimate of drug-likeness (QED) is 0.766. The van der Waals surface area contributed by atoms with E-state index < -0.39 is 0 Å². The lowest BCUT2D eigenvalue weighted by molar-refractivity contribution is -0.152. The molecule has 1 heterocycles. The Balaban J connectivity index is 2.07. The Morgan fingerprint density at radius 1 is 1.26 bits per heavy atom. The number of likely N-dealkylation sites (N-methyl/N-ethyl adjacent to an activating group) is 1. The summed E-state index contributed by atoms with van der Waals surface area (Å²) in [6, 6.07) is 9.40. The fourth-order valence-electron chi connectivity index (χ4n) is 2.57. The first kappa shape index (κ1) is 17.2. The summed E-state index contributed by atoms with van der Waals surface area (Å²) in [7, 11) is 3.75. The van der Waals surface area contributed by atoms with Crippen molar-refractivity contribution in [3.63, 3.8) is 0 Å². The van der Waals surface area contributed by atoms with Gasteiger partial charge in [0, 0.05) is 5.56 Å². The average molecular weight is 316 g/mol. The van der Waals surface area contributed by atoms with Crippen molar-refractivity contribution in [2.75, 3.05) is 14.1 Å². The number of hydrogen-bond donors (Lipinski definition) is 0. The van der Waals surface area contributed by atoms with Gasteiger partial charge in [0.2, 0.25) is 5.89 Å². The summed E-state index contributed by atoms with van der Waals surface area (Å²) < 4.78 is 11.1. The topological polar surface area (TPSA) is 55.6 Å². The summed E-state index contributed by atoms with van der Waals surface area (Å²) in [5.41, 5.74) is 1.56. The molecule has 23 heavy (non-hydrogen) atoms. The van der Waals surface area contributed by atoms with Gasteiger partial charge in [0.15, 0.2) is 0 Å². The Morgan fingerprint density at radius 2 is 1.91 bits per heavy atom. The highest BCUT2D eigenvalue weighted by Crippen LogP contribution is 2.22. The maximum absolute atomic E-state index is 12.3. The van der Waals surface area contributed by atoms with Crippen molar-refractivity contribution in [1.29, 1.82) is 0 Å². The standard InChI is InChI=1S/C18H24N2O3/c1-12(2)16(20(4)5)18(21)22-11-15-13(3)23-17(19-15)14-9-7-6-8-10-14/h6-10,12,16H,11H2,1-5H3/t16-/m1/s1. The zero-order chi connectivity index (χ0) is 17.0. The van der Waals surface area contributed by atoms with E-state index in [9.17, 15) is 4.79 Å². The predicted molar refractivity (Wildman–Crippen MR) is 88.8 cm³/mol. The molecule has 0 N–H and O–H groups in total. The molecule has 2 rings (SSSR count). The van der Waals surface area contributed by atoms with Crippen molar-refractivity contribution >= 4 is 5.97 Å². The van der Waals surface area contributed by atoms with E-state index in [4.69, 9.17) is 9.15 Å². The lowest BCUT2D eigenvalue weighted by Crippen LogP contribution is -2.41. The van der Waals surface area contributed by atoms with Gasteiger partial charge in [-0.3, -0.25) is 9.69 Å². The van der Waals surface area contributed by atoms with Gasteiger partial charge in [-0.15, -0.1) is 0 Å². The Labute approximate surface area is 137 Å². The number of carbonyl (C=O) groups excluding carboxylic acids is 1. The number of aromatic nitrogens is 1. The number of benzene rings is 1. The van der Waals surface area contributed by atoms with E-state index in [1.807, 2.05) is 70.1 Å². The molecule has 124 valence electrons. The first-order valence-electron chi connectivity index (χ1n) is 7.75. The minimum Gasteiger partial charge on any atom is -0.458 e. The molecule has 0 aliphatic rings. The molecule has 0 bridgehead atoms. The van der Waals surface area contributed by atoms with Crippen molar-refractivity contribution in [2.24, 2.45) is 5.92 Å². The second-order valence-electron chi connectivity index (χ2n) is 6.15. The number of rotatable bonds is 6. The second kappa shape index (κ2) is 7.42. The maximum Gasteiger partial charge on any atom is 0.323 e. The molecule has 0 unspecified atom stereocenters. The molecule has 1 aromatic heterocycles. The van der Waals surface area contributed by atoms with Crippen LogP contribution in [0.5, 0.6) is 0 Å². The number of aryl methyl sites for hydroxylation is 1. The molecule has 5 heteroatoms. The van der Waals surface area contributed by atoms with Gasteiger partial charge in [-0.05, 0) is 39.1 Å². The Hall–Kier alpha value is -2.14. The molecule has 0 saturated carbocycles. The number of ether oxygens (including phenoxy) is 1. The van der Waals surface area contributed by atoms with Gasteiger partial charge in [0.1, 0.15) is 24.1 Å². The van der Waals surface area contributed by atoms with Crippen molar-refractivity contribution in [3.8, 4) is 11.5 Å². The van der Waals surface area contributed by atoms with Gasteiger partial charge >= 0.3 is 5.97 Å². The van der Waals surface area contributed by atoms with Gasteiger partial charge in [0.25, 0.3) is 0 Å². The number of nitrogens with zero attached hydrogens (tertiary/aromatic N) is 2. The van der Waals surface area contributed by atoms with Gasteiger partial charge in [0.05, 0.1) is 0 Å². The molecule has 0 amide bonds. The SMILES string of the molecule is Cc1oc(-c2ccccc2)nc1COC(=O)[C@@H](C(C)C)N(C)C. The summed E-state index contributed by atoms with van der Waals surface area (Å²) in [5, 5.41) is 0. The van der Waals surface area contributed by atoms with E-state index in [2.05, 4.69) is 4.98 Å². The van der Waals surface area contributed by atoms with Crippen LogP contribution >= 0.6 is 0 Å². The molecule has 0 radical (unpaired) electrons. The molecule has 0 saturated heterocycles. The Bertz CT molecular complexity index is 640. The molecule has 0 aliphatic carbocycles. The lowest BCUT2D eigenvalue weighted by Gasteiger charge is -2.25. The summed E-state index contributed by atoms with van der Waals surface area (Å²) in [4.78, 5) is 18.6. The first-order chi connectivity index (χ1) is 10.9. The maximum atomic E-state index is 12.3. The highest BCUT2D eigenvalue weighted by Gasteiger charge is 2.26. The second-order valence-corrected chi connectivity index (χ2v) is 6.15. The van der Waals surface area contributed by atoms with Crippen LogP contribution in [0.2, 0.25) is 0 Å². The number of hydrogen-bond acceptors (Lipinski definition) is 5. The van der Waals surface area contributed by atoms with Crippen molar-refractivity contribution in [3.05, 3.63) is 41.8 Å². The van der Waals surface area contributed by atoms with E-state index in [1.54, 1.807) is 0 Å². The normalized spacial score (nSPS) is 12.7. The van der Waals surface area contributed by atoms with Crippen LogP contribution in [0.1, 0.15) is 25.3 Å². The van der Waals surface area contributed by atoms with Crippen molar-refractivity contribution in [1.82, 2.24) is 9.88 Å². The average Bonchev–Trinajstić information content (AvgIpc) is 2.86. The predicted octanol–water partition coefficient (Wildman–Crippen LogP) is 3.28. The van der Waals surface area contributed by atoms with E-state index in [1.165, 1.54) is 0 Å². The highest BCUT2D eigenvalue weighted by atomic mass is 16.5. The molecule has 1 aromatic carbocycles. The van der Waals surface area contributed by atoms with E-state index >= 15 is 0 Å². The first-order valence-corrected chi connectivity index (χ1v) is 7.75. The molecular formula is C18H24N2O3. The summed E-state index contributed by atoms with van der Waals surface area (Å²) >= 11 is 0. The largest absolute Gasteiger partial charge is 0.458 e. The molecule has 0 spiro atoms. The van der Waals surface area contributed by atoms with Crippen LogP contribution in [-0.2, 0) is 16.1 Å². The fraction of sp³-hybridized carbons (Fsp3) is 0.444. The van der Waals surface area contributed by atoms with Crippen LogP contribution < -0.4 is 0 Å². The zero-order valence-corrected chi connectivity index (χ0v) is 14.4. The molecular weight excluding hydrogens is 292 g/mol. The summed E-state index contributed by atoms with van der Waals surface area (Å²) in [6.45, 7) is 5.95. The number of oxazole rings is 1. The van der Waals surface area contributed by atoms with Crippen LogP contribution in [-0.4, -0.2) is 36.0 Å². The summed E-state index contributed by atoms with van der Waals surface area (Å²) in [5.74, 6) is 1.15. The third-order valence-electron chi connectivity index (χ3n) is 3.69. The van der Waals surface area contributed by atoms with E-state index in [0.717, 1.165) is 5.56 Å². The third-order valence-corrected chi connectivity index (χ3v) is 3.69. The Morgan fingerprint density at radius 3 is 2.48 bits per heavy atom. The molecule has 1 atom stereocenters. The number of carbonyl (C=O) groups is 1. The lowest BCUT2D eigenvalue weighted by atomic mass is 10.0. The van der Waals surface area contributed by atoms with Crippen LogP contribution in [0, 0.1) is 12.8 Å². The highest BCUT2D eigenvalue weighted by molar-refractivity contribution is 5.76. The minimum absolute atomic E-state index is 0.123. The van der Waals surface area contributed by atoms with E-state index in [-0.39, 0.29) is 24.5 Å².